The van der Waals surface area contributed by atoms with Gasteiger partial charge in [-0.1, -0.05) is 5.16 Å². The average molecular weight is 318 g/mol. The van der Waals surface area contributed by atoms with Crippen molar-refractivity contribution in [2.45, 2.75) is 18.2 Å². The molecule has 2 aromatic rings. The van der Waals surface area contributed by atoms with Crippen LogP contribution in [0.25, 0.3) is 0 Å². The van der Waals surface area contributed by atoms with Crippen LogP contribution < -0.4 is 10.5 Å². The lowest BCUT2D eigenvalue weighted by atomic mass is 10.3. The second-order valence-corrected chi connectivity index (χ2v) is 5.89. The summed E-state index contributed by atoms with van der Waals surface area (Å²) >= 11 is 0. The van der Waals surface area contributed by atoms with E-state index in [9.17, 15) is 17.2 Å². The fraction of sp³-hybridized carbons (Fsp3) is 0.273. The fourth-order valence-corrected chi connectivity index (χ4v) is 2.69. The van der Waals surface area contributed by atoms with Crippen LogP contribution in [0.5, 0.6) is 0 Å². The zero-order chi connectivity index (χ0) is 15.6. The summed E-state index contributed by atoms with van der Waals surface area (Å²) < 4.78 is 57.4. The van der Waals surface area contributed by atoms with E-state index in [2.05, 4.69) is 14.9 Å². The molecule has 0 aliphatic rings. The molecular weight excluding hydrogens is 306 g/mol. The summed E-state index contributed by atoms with van der Waals surface area (Å²) in [5, 5.41) is 3.59. The molecule has 10 heteroatoms. The van der Waals surface area contributed by atoms with Gasteiger partial charge in [0.05, 0.1) is 0 Å². The second kappa shape index (κ2) is 5.74. The van der Waals surface area contributed by atoms with E-state index in [1.165, 1.54) is 0 Å². The molecule has 0 saturated carbocycles. The van der Waals surface area contributed by atoms with Crippen molar-refractivity contribution in [3.63, 3.8) is 0 Å². The number of hydrogen-bond donors (Lipinski definition) is 2. The lowest BCUT2D eigenvalue weighted by Crippen LogP contribution is -2.27. The first-order valence-electron chi connectivity index (χ1n) is 5.83. The van der Waals surface area contributed by atoms with E-state index in [-0.39, 0.29) is 13.0 Å². The molecule has 0 amide bonds. The molecule has 0 aliphatic heterocycles. The molecule has 0 unspecified atom stereocenters. The van der Waals surface area contributed by atoms with E-state index in [4.69, 9.17) is 10.3 Å². The van der Waals surface area contributed by atoms with Crippen LogP contribution in [0.2, 0.25) is 0 Å². The zero-order valence-corrected chi connectivity index (χ0v) is 11.7. The van der Waals surface area contributed by atoms with Gasteiger partial charge in [0.2, 0.25) is 15.9 Å². The Kier molecular flexibility index (Phi) is 4.19. The Bertz CT molecular complexity index is 761. The van der Waals surface area contributed by atoms with Crippen molar-refractivity contribution >= 4 is 15.7 Å². The predicted molar refractivity (Wildman–Crippen MR) is 68.7 cm³/mol. The van der Waals surface area contributed by atoms with Crippen LogP contribution in [0.1, 0.15) is 11.7 Å². The summed E-state index contributed by atoms with van der Waals surface area (Å²) in [5.74, 6) is -1.67. The number of halogens is 2. The van der Waals surface area contributed by atoms with E-state index in [0.29, 0.717) is 11.7 Å². The topological polar surface area (TPSA) is 111 Å². The molecule has 0 aliphatic carbocycles. The normalized spacial score (nSPS) is 11.8. The summed E-state index contributed by atoms with van der Waals surface area (Å²) in [4.78, 5) is 3.17. The van der Waals surface area contributed by atoms with Crippen molar-refractivity contribution in [3.8, 4) is 0 Å². The van der Waals surface area contributed by atoms with Gasteiger partial charge in [0.25, 0.3) is 0 Å². The molecule has 1 aromatic heterocycles. The molecule has 0 saturated heterocycles. The zero-order valence-electron chi connectivity index (χ0n) is 10.9. The minimum Gasteiger partial charge on any atom is -0.394 e. The van der Waals surface area contributed by atoms with Gasteiger partial charge >= 0.3 is 0 Å². The molecular formula is C11H12F2N4O3S. The highest BCUT2D eigenvalue weighted by atomic mass is 32.2. The number of sulfonamides is 1. The Morgan fingerprint density at radius 3 is 2.71 bits per heavy atom. The molecule has 0 fully saturated rings. The Labute approximate surface area is 119 Å². The molecule has 3 N–H and O–H groups in total. The number of nitrogens with two attached hydrogens (primary N) is 1. The SMILES string of the molecule is Cc1nc(CCNS(=O)(=O)c2ccc(F)c(N)c2F)no1. The second-order valence-electron chi connectivity index (χ2n) is 4.15. The Morgan fingerprint density at radius 1 is 1.38 bits per heavy atom. The molecule has 0 spiro atoms. The molecule has 1 heterocycles. The minimum absolute atomic E-state index is 0.0714. The maximum Gasteiger partial charge on any atom is 0.243 e. The molecule has 1 aromatic carbocycles. The van der Waals surface area contributed by atoms with Gasteiger partial charge in [-0.05, 0) is 12.1 Å². The molecule has 2 rings (SSSR count). The number of hydrogen-bond acceptors (Lipinski definition) is 6. The van der Waals surface area contributed by atoms with Crippen LogP contribution in [-0.4, -0.2) is 25.1 Å². The number of aromatic nitrogens is 2. The highest BCUT2D eigenvalue weighted by Gasteiger charge is 2.22. The van der Waals surface area contributed by atoms with Crippen LogP contribution in [0.15, 0.2) is 21.6 Å². The maximum atomic E-state index is 13.7. The number of nitrogens with zero attached hydrogens (tertiary/aromatic N) is 2. The average Bonchev–Trinajstić information content (AvgIpc) is 2.81. The largest absolute Gasteiger partial charge is 0.394 e. The smallest absolute Gasteiger partial charge is 0.243 e. The lowest BCUT2D eigenvalue weighted by molar-refractivity contribution is 0.387. The molecule has 0 atom stereocenters. The minimum atomic E-state index is -4.15. The third kappa shape index (κ3) is 3.34. The molecule has 0 radical (unpaired) electrons. The predicted octanol–water partition coefficient (Wildman–Crippen LogP) is 0.759. The number of rotatable bonds is 5. The highest BCUT2D eigenvalue weighted by Crippen LogP contribution is 2.22. The van der Waals surface area contributed by atoms with Crippen LogP contribution in [-0.2, 0) is 16.4 Å². The van der Waals surface area contributed by atoms with Crippen LogP contribution >= 0.6 is 0 Å². The summed E-state index contributed by atoms with van der Waals surface area (Å²) in [5.41, 5.74) is 4.29. The molecule has 114 valence electrons. The monoisotopic (exact) mass is 318 g/mol. The van der Waals surface area contributed by atoms with Crippen molar-refractivity contribution in [2.24, 2.45) is 0 Å². The highest BCUT2D eigenvalue weighted by molar-refractivity contribution is 7.89. The Hall–Kier alpha value is -2.07. The first-order chi connectivity index (χ1) is 9.81. The first kappa shape index (κ1) is 15.3. The van der Waals surface area contributed by atoms with Crippen LogP contribution in [0.3, 0.4) is 0 Å². The number of benzene rings is 1. The number of anilines is 1. The van der Waals surface area contributed by atoms with Gasteiger partial charge in [-0.15, -0.1) is 0 Å². The summed E-state index contributed by atoms with van der Waals surface area (Å²) in [6.07, 6.45) is 0.162. The van der Waals surface area contributed by atoms with Crippen molar-refractivity contribution in [2.75, 3.05) is 12.3 Å². The third-order valence-electron chi connectivity index (χ3n) is 2.59. The van der Waals surface area contributed by atoms with Gasteiger partial charge in [0, 0.05) is 19.9 Å². The number of nitrogen functional groups attached to an aromatic ring is 1. The van der Waals surface area contributed by atoms with E-state index in [0.717, 1.165) is 12.1 Å². The summed E-state index contributed by atoms with van der Waals surface area (Å²) in [6, 6.07) is 1.59. The van der Waals surface area contributed by atoms with Gasteiger partial charge in [0.1, 0.15) is 16.4 Å². The van der Waals surface area contributed by atoms with Crippen LogP contribution in [0.4, 0.5) is 14.5 Å². The van der Waals surface area contributed by atoms with Gasteiger partial charge in [-0.2, -0.15) is 4.98 Å². The number of nitrogens with one attached hydrogen (secondary N) is 1. The van der Waals surface area contributed by atoms with E-state index in [1.54, 1.807) is 6.92 Å². The van der Waals surface area contributed by atoms with Gasteiger partial charge < -0.3 is 10.3 Å². The van der Waals surface area contributed by atoms with Gasteiger partial charge in [-0.25, -0.2) is 21.9 Å². The van der Waals surface area contributed by atoms with Gasteiger partial charge in [-0.3, -0.25) is 0 Å². The van der Waals surface area contributed by atoms with Gasteiger partial charge in [0.15, 0.2) is 11.6 Å². The Morgan fingerprint density at radius 2 is 2.10 bits per heavy atom. The fourth-order valence-electron chi connectivity index (χ4n) is 1.57. The standard InChI is InChI=1S/C11H12F2N4O3S/c1-6-16-9(17-20-6)4-5-15-21(18,19)8-3-2-7(12)11(14)10(8)13/h2-3,15H,4-5,14H2,1H3. The molecule has 21 heavy (non-hydrogen) atoms. The maximum absolute atomic E-state index is 13.7. The van der Waals surface area contributed by atoms with E-state index < -0.39 is 32.2 Å². The van der Waals surface area contributed by atoms with E-state index >= 15 is 0 Å². The number of aryl methyl sites for hydroxylation is 1. The van der Waals surface area contributed by atoms with Crippen molar-refractivity contribution in [1.82, 2.24) is 14.9 Å². The van der Waals surface area contributed by atoms with Crippen LogP contribution in [0, 0.1) is 18.6 Å². The lowest BCUT2D eigenvalue weighted by Gasteiger charge is -2.08. The quantitative estimate of drug-likeness (QED) is 0.787. The Balaban J connectivity index is 2.10. The van der Waals surface area contributed by atoms with Crippen molar-refractivity contribution in [1.29, 1.82) is 0 Å². The van der Waals surface area contributed by atoms with Crippen molar-refractivity contribution < 1.29 is 21.7 Å². The molecule has 7 nitrogen and oxygen atoms in total. The first-order valence-corrected chi connectivity index (χ1v) is 7.32. The van der Waals surface area contributed by atoms with E-state index in [1.807, 2.05) is 0 Å². The summed E-state index contributed by atoms with van der Waals surface area (Å²) in [7, 11) is -4.15. The summed E-state index contributed by atoms with van der Waals surface area (Å²) in [6.45, 7) is 1.52. The third-order valence-corrected chi connectivity index (χ3v) is 4.07. The van der Waals surface area contributed by atoms with Crippen molar-refractivity contribution in [3.05, 3.63) is 35.5 Å². The molecule has 0 bridgehead atoms.